The predicted molar refractivity (Wildman–Crippen MR) is 44.2 cm³/mol. The van der Waals surface area contributed by atoms with Gasteiger partial charge < -0.3 is 17.4 Å². The number of hydrogen-bond acceptors (Lipinski definition) is 1. The molecule has 0 unspecified atom stereocenters. The molecule has 0 saturated carbocycles. The molecule has 1 aromatic heterocycles. The first-order valence-corrected chi connectivity index (χ1v) is 3.56. The van der Waals surface area contributed by atoms with Crippen LogP contribution in [-0.4, -0.2) is 28.0 Å². The summed E-state index contributed by atoms with van der Waals surface area (Å²) in [6.07, 6.45) is 4.39. The van der Waals surface area contributed by atoms with Crippen molar-refractivity contribution in [3.8, 4) is 0 Å². The van der Waals surface area contributed by atoms with Gasteiger partial charge in [0.25, 0.3) is 0 Å². The molecular weight excluding hydrogens is 294 g/mol. The van der Waals surface area contributed by atoms with Gasteiger partial charge in [0.1, 0.15) is 0 Å². The summed E-state index contributed by atoms with van der Waals surface area (Å²) in [7, 11) is 0. The van der Waals surface area contributed by atoms with E-state index in [1.807, 2.05) is 6.07 Å². The standard InChI is InChI=1S/C5H2Br2N.ClH.Mg/c6-4-1-5(7)3-8-2-4;;/h1-2H;1H;/q-1;;+2/p-1. The van der Waals surface area contributed by atoms with Gasteiger partial charge in [0, 0.05) is 0 Å². The Labute approximate surface area is 98.8 Å². The van der Waals surface area contributed by atoms with Crippen LogP contribution in [0.5, 0.6) is 0 Å². The fraction of sp³-hybridized carbons (Fsp3) is 0. The molecule has 0 aliphatic carbocycles. The second-order valence-corrected chi connectivity index (χ2v) is 3.02. The number of nitrogens with zero attached hydrogens (tertiary/aromatic N) is 1. The summed E-state index contributed by atoms with van der Waals surface area (Å²) in [5, 5.41) is 0. The van der Waals surface area contributed by atoms with Crippen LogP contribution in [-0.2, 0) is 0 Å². The van der Waals surface area contributed by atoms with Gasteiger partial charge in [0.15, 0.2) is 0 Å². The topological polar surface area (TPSA) is 12.9 Å². The molecule has 0 spiro atoms. The van der Waals surface area contributed by atoms with Gasteiger partial charge in [-0.2, -0.15) is 0 Å². The summed E-state index contributed by atoms with van der Waals surface area (Å²) in [5.74, 6) is 0. The van der Waals surface area contributed by atoms with Crippen LogP contribution in [0.4, 0.5) is 0 Å². The Bertz CT molecular complexity index is 180. The van der Waals surface area contributed by atoms with Crippen molar-refractivity contribution < 1.29 is 12.4 Å². The summed E-state index contributed by atoms with van der Waals surface area (Å²) >= 11 is 6.46. The molecule has 0 bridgehead atoms. The van der Waals surface area contributed by atoms with Gasteiger partial charge in [-0.1, -0.05) is 53.2 Å². The molecule has 0 aliphatic rings. The first kappa shape index (κ1) is 13.7. The van der Waals surface area contributed by atoms with Gasteiger partial charge in [-0.3, -0.25) is 0 Å². The van der Waals surface area contributed by atoms with E-state index < -0.39 is 0 Å². The Hall–Kier alpha value is 1.17. The number of hydrogen-bond donors (Lipinski definition) is 0. The molecule has 0 N–H and O–H groups in total. The minimum absolute atomic E-state index is 0. The smallest absolute Gasteiger partial charge is 1.00 e. The summed E-state index contributed by atoms with van der Waals surface area (Å²) in [4.78, 5) is 3.77. The molecule has 5 heteroatoms. The van der Waals surface area contributed by atoms with Crippen LogP contribution in [0.2, 0.25) is 0 Å². The van der Waals surface area contributed by atoms with E-state index in [1.54, 1.807) is 6.20 Å². The van der Waals surface area contributed by atoms with Crippen molar-refractivity contribution in [1.82, 2.24) is 4.98 Å². The van der Waals surface area contributed by atoms with E-state index in [0.29, 0.717) is 0 Å². The number of pyridine rings is 1. The van der Waals surface area contributed by atoms with Crippen LogP contribution < -0.4 is 12.4 Å². The van der Waals surface area contributed by atoms with E-state index in [1.165, 1.54) is 0 Å². The molecule has 10 heavy (non-hydrogen) atoms. The minimum atomic E-state index is 0. The molecule has 1 aromatic rings. The Balaban J connectivity index is 0. The number of halogens is 3. The Morgan fingerprint density at radius 3 is 2.30 bits per heavy atom. The van der Waals surface area contributed by atoms with Gasteiger partial charge in [-0.05, 0) is 0 Å². The van der Waals surface area contributed by atoms with Crippen LogP contribution in [0.15, 0.2) is 21.2 Å². The van der Waals surface area contributed by atoms with Crippen molar-refractivity contribution >= 4 is 54.9 Å². The quantitative estimate of drug-likeness (QED) is 0.443. The molecule has 1 rings (SSSR count). The molecule has 0 atom stereocenters. The largest absolute Gasteiger partial charge is 2.00 e. The van der Waals surface area contributed by atoms with Crippen LogP contribution >= 0.6 is 31.9 Å². The maximum atomic E-state index is 3.77. The average molecular weight is 296 g/mol. The number of rotatable bonds is 0. The van der Waals surface area contributed by atoms with Crippen molar-refractivity contribution in [3.05, 3.63) is 27.4 Å². The summed E-state index contributed by atoms with van der Waals surface area (Å²) in [5.41, 5.74) is 0. The SMILES string of the molecule is Brc1[c-]ncc(Br)c1.[Cl-].[Mg+2]. The number of aromatic nitrogens is 1. The first-order chi connectivity index (χ1) is 3.79. The predicted octanol–water partition coefficient (Wildman–Crippen LogP) is -0.970. The van der Waals surface area contributed by atoms with E-state index in [2.05, 4.69) is 43.0 Å². The van der Waals surface area contributed by atoms with Gasteiger partial charge in [-0.15, -0.1) is 6.07 Å². The third-order valence-corrected chi connectivity index (χ3v) is 1.46. The third kappa shape index (κ3) is 4.90. The molecule has 50 valence electrons. The van der Waals surface area contributed by atoms with Crippen LogP contribution in [0, 0.1) is 6.20 Å². The average Bonchev–Trinajstić information content (AvgIpc) is 1.64. The summed E-state index contributed by atoms with van der Waals surface area (Å²) in [6, 6.07) is 1.88. The molecule has 1 heterocycles. The monoisotopic (exact) mass is 293 g/mol. The normalized spacial score (nSPS) is 7.40. The van der Waals surface area contributed by atoms with Crippen molar-refractivity contribution in [2.45, 2.75) is 0 Å². The van der Waals surface area contributed by atoms with Crippen molar-refractivity contribution in [2.24, 2.45) is 0 Å². The molecule has 0 amide bonds. The third-order valence-electron chi connectivity index (χ3n) is 0.624. The Kier molecular flexibility index (Phi) is 9.41. The van der Waals surface area contributed by atoms with Gasteiger partial charge >= 0.3 is 23.1 Å². The van der Waals surface area contributed by atoms with E-state index in [9.17, 15) is 0 Å². The Morgan fingerprint density at radius 1 is 1.40 bits per heavy atom. The first-order valence-electron chi connectivity index (χ1n) is 1.98. The molecular formula is C5H2Br2ClMgN. The Morgan fingerprint density at radius 2 is 2.00 bits per heavy atom. The molecule has 0 fully saturated rings. The fourth-order valence-corrected chi connectivity index (χ4v) is 1.33. The molecule has 0 saturated heterocycles. The maximum absolute atomic E-state index is 3.77. The van der Waals surface area contributed by atoms with Crippen molar-refractivity contribution in [2.75, 3.05) is 0 Å². The van der Waals surface area contributed by atoms with Crippen molar-refractivity contribution in [3.63, 3.8) is 0 Å². The molecule has 0 aromatic carbocycles. The van der Waals surface area contributed by atoms with E-state index in [0.717, 1.165) is 8.95 Å². The zero-order valence-corrected chi connectivity index (χ0v) is 10.3. The van der Waals surface area contributed by atoms with Crippen LogP contribution in [0.25, 0.3) is 0 Å². The zero-order chi connectivity index (χ0) is 5.98. The summed E-state index contributed by atoms with van der Waals surface area (Å²) < 4.78 is 1.83. The van der Waals surface area contributed by atoms with Crippen LogP contribution in [0.1, 0.15) is 0 Å². The van der Waals surface area contributed by atoms with Gasteiger partial charge in [-0.25, -0.2) is 0 Å². The van der Waals surface area contributed by atoms with E-state index >= 15 is 0 Å². The van der Waals surface area contributed by atoms with Crippen LogP contribution in [0.3, 0.4) is 0 Å². The second-order valence-electron chi connectivity index (χ2n) is 1.25. The van der Waals surface area contributed by atoms with E-state index in [4.69, 9.17) is 0 Å². The van der Waals surface area contributed by atoms with E-state index in [-0.39, 0.29) is 35.5 Å². The molecule has 0 aliphatic heterocycles. The summed E-state index contributed by atoms with van der Waals surface area (Å²) in [6.45, 7) is 0. The van der Waals surface area contributed by atoms with Gasteiger partial charge in [0.05, 0.1) is 0 Å². The van der Waals surface area contributed by atoms with Crippen molar-refractivity contribution in [1.29, 1.82) is 0 Å². The minimum Gasteiger partial charge on any atom is -1.00 e. The molecule has 1 nitrogen and oxygen atoms in total. The second kappa shape index (κ2) is 6.85. The van der Waals surface area contributed by atoms with Gasteiger partial charge in [0.2, 0.25) is 0 Å². The zero-order valence-electron chi connectivity index (χ0n) is 4.94. The molecule has 0 radical (unpaired) electrons. The fourth-order valence-electron chi connectivity index (χ4n) is 0.346. The maximum Gasteiger partial charge on any atom is 2.00 e.